The summed E-state index contributed by atoms with van der Waals surface area (Å²) in [7, 11) is 0. The largest absolute Gasteiger partial charge is 0.419 e. The highest BCUT2D eigenvalue weighted by Crippen LogP contribution is 2.40. The van der Waals surface area contributed by atoms with E-state index in [9.17, 15) is 18.3 Å². The van der Waals surface area contributed by atoms with Gasteiger partial charge in [-0.1, -0.05) is 32.0 Å². The molecule has 6 rings (SSSR count). The number of alkyl halides is 3. The molecule has 1 aliphatic rings. The lowest BCUT2D eigenvalue weighted by atomic mass is 9.96. The van der Waals surface area contributed by atoms with Gasteiger partial charge in [0.1, 0.15) is 5.82 Å². The molecule has 0 spiro atoms. The van der Waals surface area contributed by atoms with Gasteiger partial charge in [-0.3, -0.25) is 0 Å². The number of aromatic amines is 1. The van der Waals surface area contributed by atoms with E-state index in [0.29, 0.717) is 29.7 Å². The number of hydrogen-bond acceptors (Lipinski definition) is 5. The number of halogens is 4. The Balaban J connectivity index is 1.58. The van der Waals surface area contributed by atoms with Crippen LogP contribution in [0.5, 0.6) is 0 Å². The molecule has 3 aromatic heterocycles. The number of benzene rings is 2. The minimum absolute atomic E-state index is 0.177. The predicted octanol–water partition coefficient (Wildman–Crippen LogP) is 6.15. The molecule has 5 aromatic rings. The number of H-pyrrole nitrogens is 1. The molecule has 0 saturated carbocycles. The molecule has 41 heavy (non-hydrogen) atoms. The number of aliphatic hydroxyl groups is 1. The highest BCUT2D eigenvalue weighted by Gasteiger charge is 2.33. The first-order valence-corrected chi connectivity index (χ1v) is 13.5. The summed E-state index contributed by atoms with van der Waals surface area (Å²) < 4.78 is 56.7. The molecule has 212 valence electrons. The number of rotatable bonds is 6. The number of anilines is 1. The maximum Gasteiger partial charge on any atom is 0.419 e. The third-order valence-electron chi connectivity index (χ3n) is 7.77. The summed E-state index contributed by atoms with van der Waals surface area (Å²) in [5, 5.41) is 15.7. The second kappa shape index (κ2) is 10.3. The van der Waals surface area contributed by atoms with Crippen molar-refractivity contribution in [2.45, 2.75) is 52.4 Å². The monoisotopic (exact) mass is 564 g/mol. The van der Waals surface area contributed by atoms with Crippen LogP contribution in [0.15, 0.2) is 48.9 Å². The van der Waals surface area contributed by atoms with Crippen LogP contribution in [0.4, 0.5) is 23.5 Å². The van der Waals surface area contributed by atoms with E-state index in [0.717, 1.165) is 58.7 Å². The first-order valence-electron chi connectivity index (χ1n) is 13.5. The van der Waals surface area contributed by atoms with Gasteiger partial charge in [0, 0.05) is 60.2 Å². The number of nitrogens with one attached hydrogen (secondary N) is 1. The van der Waals surface area contributed by atoms with Crippen molar-refractivity contribution >= 4 is 16.9 Å². The highest BCUT2D eigenvalue weighted by atomic mass is 19.4. The van der Waals surface area contributed by atoms with Crippen molar-refractivity contribution in [3.05, 3.63) is 88.3 Å². The molecule has 2 N–H and O–H groups in total. The number of nitrogens with zero attached hydrogens (tertiary/aromatic N) is 5. The molecule has 0 saturated heterocycles. The van der Waals surface area contributed by atoms with Crippen LogP contribution in [-0.4, -0.2) is 36.4 Å². The molecule has 4 heterocycles. The van der Waals surface area contributed by atoms with Crippen LogP contribution >= 0.6 is 0 Å². The standard InChI is InChI=1S/C30H28F4N6O/c1-3-17-6-5-7-18(4-2)27(17)40-28(21-12-24(31)23(16-41)26-20(21)8-10-35-26)22-15-39(11-9-25(22)38-40)29-36-13-19(14-37-29)30(32,33)34/h5-8,10,12-14,35,41H,3-4,9,11,15-16H2,1-2H3. The van der Waals surface area contributed by atoms with E-state index in [1.165, 1.54) is 6.07 Å². The zero-order valence-corrected chi connectivity index (χ0v) is 22.6. The molecule has 0 fully saturated rings. The second-order valence-electron chi connectivity index (χ2n) is 10.1. The quantitative estimate of drug-likeness (QED) is 0.242. The molecule has 0 bridgehead atoms. The first kappa shape index (κ1) is 26.9. The molecule has 0 unspecified atom stereocenters. The molecule has 0 amide bonds. The number of fused-ring (bicyclic) bond motifs is 2. The lowest BCUT2D eigenvalue weighted by molar-refractivity contribution is -0.138. The minimum atomic E-state index is -4.53. The van der Waals surface area contributed by atoms with Crippen molar-refractivity contribution in [2.75, 3.05) is 11.4 Å². The summed E-state index contributed by atoms with van der Waals surface area (Å²) in [5.41, 5.74) is 5.83. The van der Waals surface area contributed by atoms with Gasteiger partial charge in [-0.15, -0.1) is 0 Å². The van der Waals surface area contributed by atoms with Gasteiger partial charge in [0.2, 0.25) is 5.95 Å². The van der Waals surface area contributed by atoms with E-state index in [2.05, 4.69) is 40.9 Å². The lowest BCUT2D eigenvalue weighted by Gasteiger charge is -2.27. The Morgan fingerprint density at radius 1 is 1.05 bits per heavy atom. The van der Waals surface area contributed by atoms with Crippen LogP contribution in [0.3, 0.4) is 0 Å². The molecule has 1 aliphatic heterocycles. The molecule has 0 aliphatic carbocycles. The van der Waals surface area contributed by atoms with Gasteiger partial charge in [-0.2, -0.15) is 18.3 Å². The van der Waals surface area contributed by atoms with Crippen LogP contribution in [0, 0.1) is 5.82 Å². The third-order valence-corrected chi connectivity index (χ3v) is 7.77. The molecule has 0 radical (unpaired) electrons. The van der Waals surface area contributed by atoms with Gasteiger partial charge in [0.05, 0.1) is 34.8 Å². The van der Waals surface area contributed by atoms with Crippen molar-refractivity contribution in [3.63, 3.8) is 0 Å². The maximum atomic E-state index is 15.5. The number of aryl methyl sites for hydroxylation is 2. The highest BCUT2D eigenvalue weighted by molar-refractivity contribution is 5.97. The average Bonchev–Trinajstić information content (AvgIpc) is 3.61. The Labute approximate surface area is 233 Å². The van der Waals surface area contributed by atoms with Gasteiger partial charge < -0.3 is 15.0 Å². The van der Waals surface area contributed by atoms with E-state index in [1.807, 2.05) is 21.7 Å². The number of aromatic nitrogens is 5. The zero-order valence-electron chi connectivity index (χ0n) is 22.6. The second-order valence-corrected chi connectivity index (χ2v) is 10.1. The zero-order chi connectivity index (χ0) is 28.9. The molecule has 2 aromatic carbocycles. The fraction of sp³-hybridized carbons (Fsp3) is 0.300. The summed E-state index contributed by atoms with van der Waals surface area (Å²) in [6.45, 7) is 4.43. The molecule has 11 heteroatoms. The van der Waals surface area contributed by atoms with Crippen LogP contribution < -0.4 is 4.90 Å². The number of aliphatic hydroxyl groups excluding tert-OH is 1. The van der Waals surface area contributed by atoms with Gasteiger partial charge in [-0.25, -0.2) is 19.0 Å². The Bertz CT molecular complexity index is 1720. The van der Waals surface area contributed by atoms with E-state index < -0.39 is 24.2 Å². The van der Waals surface area contributed by atoms with E-state index in [1.54, 1.807) is 6.20 Å². The van der Waals surface area contributed by atoms with Crippen molar-refractivity contribution in [1.29, 1.82) is 0 Å². The van der Waals surface area contributed by atoms with Crippen LogP contribution in [0.1, 0.15) is 47.4 Å². The predicted molar refractivity (Wildman–Crippen MR) is 147 cm³/mol. The Morgan fingerprint density at radius 3 is 2.39 bits per heavy atom. The first-order chi connectivity index (χ1) is 19.7. The van der Waals surface area contributed by atoms with Gasteiger partial charge in [0.15, 0.2) is 0 Å². The summed E-state index contributed by atoms with van der Waals surface area (Å²) in [6, 6.07) is 9.42. The summed E-state index contributed by atoms with van der Waals surface area (Å²) in [5.74, 6) is -0.365. The average molecular weight is 565 g/mol. The van der Waals surface area contributed by atoms with Crippen molar-refractivity contribution < 1.29 is 22.7 Å². The van der Waals surface area contributed by atoms with Crippen LogP contribution in [-0.2, 0) is 38.6 Å². The van der Waals surface area contributed by atoms with Crippen LogP contribution in [0.25, 0.3) is 27.8 Å². The van der Waals surface area contributed by atoms with Gasteiger partial charge in [-0.05, 0) is 36.1 Å². The molecular weight excluding hydrogens is 536 g/mol. The van der Waals surface area contributed by atoms with E-state index in [-0.39, 0.29) is 18.1 Å². The smallest absolute Gasteiger partial charge is 0.391 e. The normalized spacial score (nSPS) is 13.7. The fourth-order valence-electron chi connectivity index (χ4n) is 5.71. The summed E-state index contributed by atoms with van der Waals surface area (Å²) in [4.78, 5) is 12.9. The SMILES string of the molecule is CCc1cccc(CC)c1-n1nc2c(c1-c1cc(F)c(CO)c3[nH]ccc13)CN(c1ncc(C(F)(F)F)cn1)CC2. The minimum Gasteiger partial charge on any atom is -0.391 e. The Morgan fingerprint density at radius 2 is 1.76 bits per heavy atom. The van der Waals surface area contributed by atoms with Gasteiger partial charge >= 0.3 is 6.18 Å². The lowest BCUT2D eigenvalue weighted by Crippen LogP contribution is -2.31. The van der Waals surface area contributed by atoms with Crippen molar-refractivity contribution in [2.24, 2.45) is 0 Å². The van der Waals surface area contributed by atoms with Crippen molar-refractivity contribution in [1.82, 2.24) is 24.7 Å². The Hall–Kier alpha value is -4.25. The number of hydrogen-bond donors (Lipinski definition) is 2. The van der Waals surface area contributed by atoms with Gasteiger partial charge in [0.25, 0.3) is 0 Å². The fourth-order valence-corrected chi connectivity index (χ4v) is 5.71. The molecular formula is C30H28F4N6O. The van der Waals surface area contributed by atoms with E-state index in [4.69, 9.17) is 5.10 Å². The topological polar surface area (TPSA) is 82.9 Å². The molecule has 0 atom stereocenters. The van der Waals surface area contributed by atoms with Crippen LogP contribution in [0.2, 0.25) is 0 Å². The molecule has 7 nitrogen and oxygen atoms in total. The number of para-hydroxylation sites is 1. The summed E-state index contributed by atoms with van der Waals surface area (Å²) >= 11 is 0. The van der Waals surface area contributed by atoms with E-state index >= 15 is 4.39 Å². The van der Waals surface area contributed by atoms with Crippen molar-refractivity contribution in [3.8, 4) is 16.9 Å². The maximum absolute atomic E-state index is 15.5. The third kappa shape index (κ3) is 4.54. The summed E-state index contributed by atoms with van der Waals surface area (Å²) in [6.07, 6.45) is 0.784. The Kier molecular flexibility index (Phi) is 6.77.